The van der Waals surface area contributed by atoms with Crippen LogP contribution in [0.4, 0.5) is 4.39 Å². The minimum atomic E-state index is -0.563. The second-order valence-corrected chi connectivity index (χ2v) is 1.98. The van der Waals surface area contributed by atoms with Crippen molar-refractivity contribution in [1.29, 1.82) is 0 Å². The summed E-state index contributed by atoms with van der Waals surface area (Å²) in [5.74, 6) is 0. The van der Waals surface area contributed by atoms with Gasteiger partial charge in [0.15, 0.2) is 0 Å². The normalized spacial score (nSPS) is 9.43. The maximum Gasteiger partial charge on any atom is 0.278 e. The van der Waals surface area contributed by atoms with Gasteiger partial charge < -0.3 is 4.42 Å². The molecule has 1 nitrogen and oxygen atoms in total. The summed E-state index contributed by atoms with van der Waals surface area (Å²) in [4.78, 5) is 0. The molecule has 38 valence electrons. The highest BCUT2D eigenvalue weighted by molar-refractivity contribution is 9.10. The van der Waals surface area contributed by atoms with Crippen LogP contribution in [0.1, 0.15) is 0 Å². The average Bonchev–Trinajstić information content (AvgIpc) is 1.87. The summed E-state index contributed by atoms with van der Waals surface area (Å²) in [7, 11) is 0. The van der Waals surface area contributed by atoms with E-state index in [4.69, 9.17) is 0 Å². The highest BCUT2D eigenvalue weighted by Gasteiger charge is 1.92. The van der Waals surface area contributed by atoms with Gasteiger partial charge in [-0.1, -0.05) is 0 Å². The maximum atomic E-state index is 11.7. The minimum Gasteiger partial charge on any atom is -0.438 e. The topological polar surface area (TPSA) is 13.1 Å². The highest BCUT2D eigenvalue weighted by atomic mass is 79.9. The van der Waals surface area contributed by atoms with E-state index in [9.17, 15) is 4.39 Å². The third-order valence-electron chi connectivity index (χ3n) is 0.535. The molecule has 0 atom stereocenters. The highest BCUT2D eigenvalue weighted by Crippen LogP contribution is 2.11. The van der Waals surface area contributed by atoms with Crippen LogP contribution >= 0.6 is 15.9 Å². The van der Waals surface area contributed by atoms with Crippen molar-refractivity contribution >= 4 is 15.9 Å². The standard InChI is InChI=1S/C4H2BrFO/c5-3-1-4(6)7-2-3/h1-2H. The first kappa shape index (κ1) is 4.84. The van der Waals surface area contributed by atoms with Gasteiger partial charge in [0.1, 0.15) is 6.26 Å². The Balaban J connectivity index is 3.04. The lowest BCUT2D eigenvalue weighted by molar-refractivity contribution is 0.359. The molecule has 0 saturated carbocycles. The van der Waals surface area contributed by atoms with Gasteiger partial charge >= 0.3 is 0 Å². The number of rotatable bonds is 0. The van der Waals surface area contributed by atoms with Crippen LogP contribution in [0.15, 0.2) is 21.2 Å². The molecule has 0 aliphatic heterocycles. The second kappa shape index (κ2) is 1.66. The van der Waals surface area contributed by atoms with Crippen molar-refractivity contribution < 1.29 is 8.81 Å². The van der Waals surface area contributed by atoms with Gasteiger partial charge in [-0.25, -0.2) is 0 Å². The third kappa shape index (κ3) is 1.03. The second-order valence-electron chi connectivity index (χ2n) is 1.07. The van der Waals surface area contributed by atoms with Gasteiger partial charge in [-0.2, -0.15) is 4.39 Å². The molecule has 0 aromatic carbocycles. The third-order valence-corrected chi connectivity index (χ3v) is 0.951. The van der Waals surface area contributed by atoms with Crippen molar-refractivity contribution in [2.45, 2.75) is 0 Å². The smallest absolute Gasteiger partial charge is 0.278 e. The van der Waals surface area contributed by atoms with Crippen molar-refractivity contribution in [2.75, 3.05) is 0 Å². The predicted octanol–water partition coefficient (Wildman–Crippen LogP) is 2.18. The number of halogens is 2. The molecule has 0 saturated heterocycles. The molecule has 0 N–H and O–H groups in total. The number of furan rings is 1. The molecule has 1 heterocycles. The maximum absolute atomic E-state index is 11.7. The molecule has 3 heteroatoms. The molecule has 1 aromatic heterocycles. The van der Waals surface area contributed by atoms with E-state index in [2.05, 4.69) is 20.3 Å². The predicted molar refractivity (Wildman–Crippen MR) is 26.4 cm³/mol. The summed E-state index contributed by atoms with van der Waals surface area (Å²) in [5.41, 5.74) is 0. The van der Waals surface area contributed by atoms with Gasteiger partial charge in [0.05, 0.1) is 4.47 Å². The van der Waals surface area contributed by atoms with E-state index >= 15 is 0 Å². The van der Waals surface area contributed by atoms with Crippen LogP contribution in [0.3, 0.4) is 0 Å². The lowest BCUT2D eigenvalue weighted by Gasteiger charge is -1.63. The van der Waals surface area contributed by atoms with Crippen LogP contribution in [-0.4, -0.2) is 0 Å². The van der Waals surface area contributed by atoms with Crippen molar-refractivity contribution in [3.8, 4) is 0 Å². The van der Waals surface area contributed by atoms with Crippen LogP contribution in [0, 0.1) is 6.01 Å². The fraction of sp³-hybridized carbons (Fsp3) is 0. The van der Waals surface area contributed by atoms with Crippen molar-refractivity contribution in [1.82, 2.24) is 0 Å². The van der Waals surface area contributed by atoms with Crippen LogP contribution < -0.4 is 0 Å². The zero-order valence-electron chi connectivity index (χ0n) is 3.32. The molecule has 1 rings (SSSR count). The van der Waals surface area contributed by atoms with E-state index in [0.717, 1.165) is 0 Å². The number of hydrogen-bond donors (Lipinski definition) is 0. The van der Waals surface area contributed by atoms with Crippen LogP contribution in [0.5, 0.6) is 0 Å². The molecule has 1 aromatic rings. The Kier molecular flexibility index (Phi) is 1.15. The lowest BCUT2D eigenvalue weighted by Crippen LogP contribution is -1.50. The van der Waals surface area contributed by atoms with Crippen molar-refractivity contribution in [2.24, 2.45) is 0 Å². The van der Waals surface area contributed by atoms with Crippen LogP contribution in [0.2, 0.25) is 0 Å². The van der Waals surface area contributed by atoms with Crippen molar-refractivity contribution in [3.05, 3.63) is 22.8 Å². The molecule has 0 spiro atoms. The minimum absolute atomic E-state index is 0.563. The van der Waals surface area contributed by atoms with Crippen LogP contribution in [-0.2, 0) is 0 Å². The van der Waals surface area contributed by atoms with E-state index in [1.54, 1.807) is 0 Å². The molecular formula is C4H2BrFO. The largest absolute Gasteiger partial charge is 0.438 e. The van der Waals surface area contributed by atoms with Gasteiger partial charge in [0.25, 0.3) is 6.01 Å². The molecule has 0 fully saturated rings. The quantitative estimate of drug-likeness (QED) is 0.574. The Morgan fingerprint density at radius 1 is 1.71 bits per heavy atom. The molecule has 0 radical (unpaired) electrons. The van der Waals surface area contributed by atoms with E-state index in [0.29, 0.717) is 4.47 Å². The van der Waals surface area contributed by atoms with Crippen LogP contribution in [0.25, 0.3) is 0 Å². The monoisotopic (exact) mass is 164 g/mol. The fourth-order valence-electron chi connectivity index (χ4n) is 0.289. The fourth-order valence-corrected chi connectivity index (χ4v) is 0.562. The Labute approximate surface area is 48.3 Å². The summed E-state index contributed by atoms with van der Waals surface area (Å²) < 4.78 is 16.6. The Hall–Kier alpha value is -0.310. The first-order valence-electron chi connectivity index (χ1n) is 1.68. The molecular weight excluding hydrogens is 163 g/mol. The molecule has 0 bridgehead atoms. The zero-order chi connectivity index (χ0) is 5.28. The summed E-state index contributed by atoms with van der Waals surface area (Å²) in [6.07, 6.45) is 1.29. The van der Waals surface area contributed by atoms with E-state index in [1.165, 1.54) is 12.3 Å². The first-order chi connectivity index (χ1) is 3.29. The molecule has 0 aliphatic rings. The van der Waals surface area contributed by atoms with Gasteiger partial charge in [-0.3, -0.25) is 0 Å². The van der Waals surface area contributed by atoms with Crippen molar-refractivity contribution in [3.63, 3.8) is 0 Å². The number of hydrogen-bond acceptors (Lipinski definition) is 1. The SMILES string of the molecule is Fc1cc(Br)co1. The van der Waals surface area contributed by atoms with E-state index < -0.39 is 6.01 Å². The molecule has 7 heavy (non-hydrogen) atoms. The summed E-state index contributed by atoms with van der Waals surface area (Å²) >= 11 is 3.00. The summed E-state index contributed by atoms with van der Waals surface area (Å²) in [5, 5.41) is 0. The summed E-state index contributed by atoms with van der Waals surface area (Å²) in [6.45, 7) is 0. The van der Waals surface area contributed by atoms with Gasteiger partial charge in [-0.05, 0) is 15.9 Å². The van der Waals surface area contributed by atoms with E-state index in [1.807, 2.05) is 0 Å². The zero-order valence-corrected chi connectivity index (χ0v) is 4.90. The molecule has 0 unspecified atom stereocenters. The Morgan fingerprint density at radius 3 is 2.57 bits per heavy atom. The lowest BCUT2D eigenvalue weighted by atomic mass is 10.7. The first-order valence-corrected chi connectivity index (χ1v) is 2.48. The molecule has 0 amide bonds. The van der Waals surface area contributed by atoms with E-state index in [-0.39, 0.29) is 0 Å². The van der Waals surface area contributed by atoms with Gasteiger partial charge in [-0.15, -0.1) is 0 Å². The molecule has 0 aliphatic carbocycles. The Bertz CT molecular complexity index is 144. The van der Waals surface area contributed by atoms with Gasteiger partial charge in [0, 0.05) is 6.07 Å². The van der Waals surface area contributed by atoms with Gasteiger partial charge in [0.2, 0.25) is 0 Å². The average molecular weight is 165 g/mol. The summed E-state index contributed by atoms with van der Waals surface area (Å²) in [6, 6.07) is 0.687. The Morgan fingerprint density at radius 2 is 2.43 bits per heavy atom.